The molecule has 6 heteroatoms. The van der Waals surface area contributed by atoms with Crippen molar-refractivity contribution in [2.45, 2.75) is 39.2 Å². The molecule has 2 amide bonds. The summed E-state index contributed by atoms with van der Waals surface area (Å²) in [5, 5.41) is 0.984. The average molecular weight is 446 g/mol. The number of nitrogens with zero attached hydrogens (tertiary/aromatic N) is 2. The Labute approximate surface area is 194 Å². The lowest BCUT2D eigenvalue weighted by Gasteiger charge is -2.32. The third kappa shape index (κ3) is 5.11. The van der Waals surface area contributed by atoms with Crippen LogP contribution >= 0.6 is 0 Å². The first-order valence-electron chi connectivity index (χ1n) is 11.4. The lowest BCUT2D eigenvalue weighted by atomic mass is 9.95. The predicted octanol–water partition coefficient (Wildman–Crippen LogP) is 5.39. The molecule has 0 bridgehead atoms. The second-order valence-electron chi connectivity index (χ2n) is 9.52. The van der Waals surface area contributed by atoms with Crippen LogP contribution in [0.5, 0.6) is 0 Å². The molecule has 33 heavy (non-hydrogen) atoms. The highest BCUT2D eigenvalue weighted by molar-refractivity contribution is 6.07. The van der Waals surface area contributed by atoms with E-state index in [2.05, 4.69) is 18.3 Å². The molecule has 172 valence electrons. The lowest BCUT2D eigenvalue weighted by Crippen LogP contribution is -2.41. The molecule has 3 aromatic rings. The Bertz CT molecular complexity index is 1180. The van der Waals surface area contributed by atoms with Gasteiger partial charge < -0.3 is 19.9 Å². The zero-order chi connectivity index (χ0) is 23.6. The maximum Gasteiger partial charge on any atom is 0.410 e. The molecule has 0 aliphatic carbocycles. The van der Waals surface area contributed by atoms with Crippen molar-refractivity contribution in [3.05, 3.63) is 71.9 Å². The van der Waals surface area contributed by atoms with Gasteiger partial charge in [0.2, 0.25) is 0 Å². The van der Waals surface area contributed by atoms with Crippen molar-refractivity contribution < 1.29 is 14.3 Å². The number of hydrogen-bond acceptors (Lipinski definition) is 3. The first-order valence-corrected chi connectivity index (χ1v) is 11.4. The van der Waals surface area contributed by atoms with E-state index in [1.807, 2.05) is 67.8 Å². The quantitative estimate of drug-likeness (QED) is 0.585. The van der Waals surface area contributed by atoms with E-state index >= 15 is 0 Å². The van der Waals surface area contributed by atoms with Gasteiger partial charge in [0.1, 0.15) is 5.60 Å². The van der Waals surface area contributed by atoms with Crippen molar-refractivity contribution in [3.8, 4) is 5.69 Å². The van der Waals surface area contributed by atoms with E-state index in [0.717, 1.165) is 35.0 Å². The number of carbonyl (C=O) groups is 2. The standard InChI is InChI=1S/C27H31N3O3/c1-27(2,3)33-26(32)29-16-14-19(15-17-29)12-13-20-18-30(21-8-5-4-6-9-21)24-22(20)10-7-11-23(24)25(28)31/h4-13,18-19H,14-17H2,1-3H3,(H2,28,31)/b13-12-. The molecule has 1 aromatic heterocycles. The van der Waals surface area contributed by atoms with Crippen molar-refractivity contribution in [2.75, 3.05) is 13.1 Å². The third-order valence-electron chi connectivity index (χ3n) is 5.90. The number of benzene rings is 2. The number of piperidine rings is 1. The van der Waals surface area contributed by atoms with E-state index in [9.17, 15) is 9.59 Å². The van der Waals surface area contributed by atoms with Gasteiger partial charge in [0, 0.05) is 35.9 Å². The summed E-state index contributed by atoms with van der Waals surface area (Å²) in [7, 11) is 0. The van der Waals surface area contributed by atoms with Crippen LogP contribution in [0.1, 0.15) is 49.5 Å². The molecule has 0 saturated carbocycles. The van der Waals surface area contributed by atoms with E-state index in [1.165, 1.54) is 0 Å². The molecule has 1 saturated heterocycles. The van der Waals surface area contributed by atoms with Crippen molar-refractivity contribution in [1.82, 2.24) is 9.47 Å². The maximum absolute atomic E-state index is 12.3. The van der Waals surface area contributed by atoms with Gasteiger partial charge in [-0.1, -0.05) is 42.5 Å². The Morgan fingerprint density at radius 2 is 1.73 bits per heavy atom. The van der Waals surface area contributed by atoms with E-state index in [1.54, 1.807) is 11.0 Å². The molecule has 0 radical (unpaired) electrons. The number of aromatic nitrogens is 1. The fraction of sp³-hybridized carbons (Fsp3) is 0.333. The normalized spacial score (nSPS) is 15.3. The van der Waals surface area contributed by atoms with Gasteiger partial charge >= 0.3 is 6.09 Å². The highest BCUT2D eigenvalue weighted by Crippen LogP contribution is 2.30. The third-order valence-corrected chi connectivity index (χ3v) is 5.90. The minimum Gasteiger partial charge on any atom is -0.444 e. The van der Waals surface area contributed by atoms with E-state index in [-0.39, 0.29) is 6.09 Å². The van der Waals surface area contributed by atoms with Crippen molar-refractivity contribution in [3.63, 3.8) is 0 Å². The largest absolute Gasteiger partial charge is 0.444 e. The highest BCUT2D eigenvalue weighted by atomic mass is 16.6. The van der Waals surface area contributed by atoms with Gasteiger partial charge in [-0.3, -0.25) is 4.79 Å². The molecule has 0 unspecified atom stereocenters. The van der Waals surface area contributed by atoms with Crippen LogP contribution in [-0.2, 0) is 4.74 Å². The van der Waals surface area contributed by atoms with Crippen molar-refractivity contribution in [1.29, 1.82) is 0 Å². The number of allylic oxidation sites excluding steroid dienone is 1. The molecule has 1 fully saturated rings. The van der Waals surface area contributed by atoms with E-state index < -0.39 is 11.5 Å². The number of carbonyl (C=O) groups excluding carboxylic acids is 2. The predicted molar refractivity (Wildman–Crippen MR) is 131 cm³/mol. The average Bonchev–Trinajstić information content (AvgIpc) is 3.16. The molecule has 1 aliphatic rings. The van der Waals surface area contributed by atoms with Crippen LogP contribution in [0.25, 0.3) is 22.7 Å². The number of primary amides is 1. The van der Waals surface area contributed by atoms with E-state index in [4.69, 9.17) is 10.5 Å². The molecule has 2 N–H and O–H groups in total. The van der Waals surface area contributed by atoms with Gasteiger partial charge in [0.25, 0.3) is 5.91 Å². The van der Waals surface area contributed by atoms with Gasteiger partial charge in [0.05, 0.1) is 11.1 Å². The summed E-state index contributed by atoms with van der Waals surface area (Å²) in [5.74, 6) is -0.0703. The molecular weight excluding hydrogens is 414 g/mol. The second-order valence-corrected chi connectivity index (χ2v) is 9.52. The Morgan fingerprint density at radius 1 is 1.03 bits per heavy atom. The summed E-state index contributed by atoms with van der Waals surface area (Å²) in [5.41, 5.74) is 8.53. The molecule has 6 nitrogen and oxygen atoms in total. The van der Waals surface area contributed by atoms with Crippen LogP contribution in [0, 0.1) is 5.92 Å². The number of ether oxygens (including phenoxy) is 1. The number of para-hydroxylation sites is 2. The zero-order valence-electron chi connectivity index (χ0n) is 19.5. The number of nitrogens with two attached hydrogens (primary N) is 1. The molecule has 0 atom stereocenters. The number of amides is 2. The molecule has 0 spiro atoms. The minimum absolute atomic E-state index is 0.241. The van der Waals surface area contributed by atoms with Crippen LogP contribution in [0.4, 0.5) is 4.79 Å². The van der Waals surface area contributed by atoms with Gasteiger partial charge in [-0.05, 0) is 57.7 Å². The topological polar surface area (TPSA) is 77.6 Å². The number of likely N-dealkylation sites (tertiary alicyclic amines) is 1. The molecule has 4 rings (SSSR count). The summed E-state index contributed by atoms with van der Waals surface area (Å²) in [6.07, 6.45) is 7.93. The molecule has 2 heterocycles. The van der Waals surface area contributed by atoms with Crippen LogP contribution < -0.4 is 5.73 Å². The van der Waals surface area contributed by atoms with Gasteiger partial charge in [-0.15, -0.1) is 0 Å². The SMILES string of the molecule is CC(C)(C)OC(=O)N1CCC(/C=C\c2cn(-c3ccccc3)c3c(C(N)=O)cccc23)CC1. The summed E-state index contributed by atoms with van der Waals surface area (Å²) in [6, 6.07) is 15.6. The van der Waals surface area contributed by atoms with Gasteiger partial charge in [-0.25, -0.2) is 4.79 Å². The Balaban J connectivity index is 1.57. The molecular formula is C27H31N3O3. The minimum atomic E-state index is -0.482. The van der Waals surface area contributed by atoms with Crippen molar-refractivity contribution in [2.24, 2.45) is 11.7 Å². The Morgan fingerprint density at radius 3 is 2.36 bits per heavy atom. The van der Waals surface area contributed by atoms with Crippen LogP contribution in [-0.4, -0.2) is 40.2 Å². The highest BCUT2D eigenvalue weighted by Gasteiger charge is 2.26. The number of hydrogen-bond donors (Lipinski definition) is 1. The Hall–Kier alpha value is -3.54. The maximum atomic E-state index is 12.3. The molecule has 1 aliphatic heterocycles. The summed E-state index contributed by atoms with van der Waals surface area (Å²) >= 11 is 0. The van der Waals surface area contributed by atoms with Crippen LogP contribution in [0.2, 0.25) is 0 Å². The Kier molecular flexibility index (Phi) is 6.27. The van der Waals surface area contributed by atoms with Gasteiger partial charge in [-0.2, -0.15) is 0 Å². The number of rotatable bonds is 4. The first-order chi connectivity index (χ1) is 15.7. The summed E-state index contributed by atoms with van der Waals surface area (Å²) < 4.78 is 7.52. The van der Waals surface area contributed by atoms with Crippen LogP contribution in [0.15, 0.2) is 60.8 Å². The van der Waals surface area contributed by atoms with Crippen molar-refractivity contribution >= 4 is 29.0 Å². The van der Waals surface area contributed by atoms with Gasteiger partial charge in [0.15, 0.2) is 0 Å². The zero-order valence-corrected chi connectivity index (χ0v) is 19.5. The van der Waals surface area contributed by atoms with E-state index in [0.29, 0.717) is 24.6 Å². The monoisotopic (exact) mass is 445 g/mol. The lowest BCUT2D eigenvalue weighted by molar-refractivity contribution is 0.0197. The fourth-order valence-corrected chi connectivity index (χ4v) is 4.27. The number of fused-ring (bicyclic) bond motifs is 1. The summed E-state index contributed by atoms with van der Waals surface area (Å²) in [4.78, 5) is 26.2. The fourth-order valence-electron chi connectivity index (χ4n) is 4.27. The smallest absolute Gasteiger partial charge is 0.410 e. The summed E-state index contributed by atoms with van der Waals surface area (Å²) in [6.45, 7) is 7.02. The van der Waals surface area contributed by atoms with Crippen LogP contribution in [0.3, 0.4) is 0 Å². The second kappa shape index (κ2) is 9.14. The molecule has 2 aromatic carbocycles. The first kappa shape index (κ1) is 22.6.